The summed E-state index contributed by atoms with van der Waals surface area (Å²) in [4.78, 5) is 3.80. The molecule has 0 aliphatic rings. The van der Waals surface area contributed by atoms with Crippen LogP contribution in [-0.4, -0.2) is 23.2 Å². The SMILES string of the molecule is O=S(=O)(Nc1ncn(Cc2cccc(Cl)c2)n1)c1cc(Cl)ccc1Cl. The molecule has 3 rings (SSSR count). The molecule has 0 amide bonds. The maximum atomic E-state index is 12.4. The van der Waals surface area contributed by atoms with E-state index >= 15 is 0 Å². The Labute approximate surface area is 159 Å². The molecule has 0 atom stereocenters. The molecule has 1 heterocycles. The molecule has 0 radical (unpaired) electrons. The lowest BCUT2D eigenvalue weighted by molar-refractivity contribution is 0.600. The van der Waals surface area contributed by atoms with Gasteiger partial charge in [0.25, 0.3) is 16.0 Å². The van der Waals surface area contributed by atoms with E-state index in [9.17, 15) is 8.42 Å². The van der Waals surface area contributed by atoms with Crippen molar-refractivity contribution in [2.24, 2.45) is 0 Å². The zero-order chi connectivity index (χ0) is 18.0. The molecule has 3 aromatic rings. The minimum absolute atomic E-state index is 0.0512. The van der Waals surface area contributed by atoms with Gasteiger partial charge in [-0.1, -0.05) is 46.9 Å². The second-order valence-electron chi connectivity index (χ2n) is 5.08. The fourth-order valence-electron chi connectivity index (χ4n) is 2.10. The summed E-state index contributed by atoms with van der Waals surface area (Å²) in [7, 11) is -3.96. The molecular weight excluding hydrogens is 407 g/mol. The van der Waals surface area contributed by atoms with Gasteiger partial charge in [0.15, 0.2) is 0 Å². The quantitative estimate of drug-likeness (QED) is 0.678. The number of aromatic nitrogens is 3. The van der Waals surface area contributed by atoms with Gasteiger partial charge in [0.2, 0.25) is 0 Å². The van der Waals surface area contributed by atoms with Crippen molar-refractivity contribution >= 4 is 50.8 Å². The van der Waals surface area contributed by atoms with Gasteiger partial charge in [0.1, 0.15) is 11.2 Å². The summed E-state index contributed by atoms with van der Waals surface area (Å²) in [5.74, 6) is -0.0712. The van der Waals surface area contributed by atoms with E-state index in [1.165, 1.54) is 29.2 Å². The van der Waals surface area contributed by atoms with Crippen LogP contribution in [0.5, 0.6) is 0 Å². The Morgan fingerprint density at radius 3 is 2.56 bits per heavy atom. The molecule has 25 heavy (non-hydrogen) atoms. The van der Waals surface area contributed by atoms with Crippen molar-refractivity contribution < 1.29 is 8.42 Å². The number of nitrogens with one attached hydrogen (secondary N) is 1. The zero-order valence-electron chi connectivity index (χ0n) is 12.5. The van der Waals surface area contributed by atoms with E-state index < -0.39 is 10.0 Å². The number of rotatable bonds is 5. The van der Waals surface area contributed by atoms with E-state index in [2.05, 4.69) is 14.8 Å². The lowest BCUT2D eigenvalue weighted by Crippen LogP contribution is -2.15. The average Bonchev–Trinajstić information content (AvgIpc) is 2.96. The van der Waals surface area contributed by atoms with Crippen molar-refractivity contribution in [3.05, 3.63) is 69.4 Å². The highest BCUT2D eigenvalue weighted by Crippen LogP contribution is 2.26. The van der Waals surface area contributed by atoms with Gasteiger partial charge in [-0.05, 0) is 35.9 Å². The molecule has 1 aromatic heterocycles. The van der Waals surface area contributed by atoms with Gasteiger partial charge in [0, 0.05) is 10.0 Å². The molecule has 0 fully saturated rings. The highest BCUT2D eigenvalue weighted by Gasteiger charge is 2.20. The Bertz CT molecular complexity index is 1020. The Balaban J connectivity index is 1.80. The number of halogens is 3. The topological polar surface area (TPSA) is 76.9 Å². The van der Waals surface area contributed by atoms with Crippen molar-refractivity contribution in [2.45, 2.75) is 11.4 Å². The molecular formula is C15H11Cl3N4O2S. The average molecular weight is 418 g/mol. The second-order valence-corrected chi connectivity index (χ2v) is 8.01. The summed E-state index contributed by atoms with van der Waals surface area (Å²) in [6.45, 7) is 0.396. The number of hydrogen-bond donors (Lipinski definition) is 1. The summed E-state index contributed by atoms with van der Waals surface area (Å²) in [6.07, 6.45) is 1.42. The minimum Gasteiger partial charge on any atom is -0.246 e. The van der Waals surface area contributed by atoms with Gasteiger partial charge in [0.05, 0.1) is 11.6 Å². The number of nitrogens with zero attached hydrogens (tertiary/aromatic N) is 3. The molecule has 0 aliphatic heterocycles. The summed E-state index contributed by atoms with van der Waals surface area (Å²) >= 11 is 17.7. The van der Waals surface area contributed by atoms with Gasteiger partial charge in [-0.25, -0.2) is 17.8 Å². The van der Waals surface area contributed by atoms with E-state index in [0.29, 0.717) is 11.6 Å². The normalized spacial score (nSPS) is 11.5. The summed E-state index contributed by atoms with van der Waals surface area (Å²) in [5, 5.41) is 5.00. The van der Waals surface area contributed by atoms with Crippen LogP contribution in [0.1, 0.15) is 5.56 Å². The van der Waals surface area contributed by atoms with Crippen LogP contribution in [0.25, 0.3) is 0 Å². The largest absolute Gasteiger partial charge is 0.265 e. The molecule has 0 aliphatic carbocycles. The molecule has 6 nitrogen and oxygen atoms in total. The predicted octanol–water partition coefficient (Wildman–Crippen LogP) is 4.09. The highest BCUT2D eigenvalue weighted by atomic mass is 35.5. The van der Waals surface area contributed by atoms with E-state index in [0.717, 1.165) is 5.56 Å². The molecule has 0 bridgehead atoms. The Hall–Kier alpha value is -1.80. The Kier molecular flexibility index (Phi) is 5.19. The maximum Gasteiger partial charge on any atom is 0.265 e. The van der Waals surface area contributed by atoms with E-state index in [-0.39, 0.29) is 20.9 Å². The van der Waals surface area contributed by atoms with Crippen molar-refractivity contribution in [1.29, 1.82) is 0 Å². The third-order valence-corrected chi connectivity index (χ3v) is 5.46. The number of anilines is 1. The van der Waals surface area contributed by atoms with Crippen molar-refractivity contribution in [2.75, 3.05) is 4.72 Å². The summed E-state index contributed by atoms with van der Waals surface area (Å²) in [6, 6.07) is 11.4. The summed E-state index contributed by atoms with van der Waals surface area (Å²) < 4.78 is 28.6. The molecule has 130 valence electrons. The highest BCUT2D eigenvalue weighted by molar-refractivity contribution is 7.92. The van der Waals surface area contributed by atoms with Crippen molar-refractivity contribution in [3.63, 3.8) is 0 Å². The van der Waals surface area contributed by atoms with Crippen LogP contribution in [0, 0.1) is 0 Å². The number of sulfonamides is 1. The Morgan fingerprint density at radius 2 is 1.80 bits per heavy atom. The van der Waals surface area contributed by atoms with Gasteiger partial charge >= 0.3 is 0 Å². The third-order valence-electron chi connectivity index (χ3n) is 3.18. The Morgan fingerprint density at radius 1 is 1.04 bits per heavy atom. The van der Waals surface area contributed by atoms with Gasteiger partial charge < -0.3 is 0 Å². The zero-order valence-corrected chi connectivity index (χ0v) is 15.6. The molecule has 10 heteroatoms. The van der Waals surface area contributed by atoms with Gasteiger partial charge in [-0.2, -0.15) is 4.98 Å². The van der Waals surface area contributed by atoms with E-state index in [1.54, 1.807) is 12.1 Å². The molecule has 0 spiro atoms. The first-order valence-corrected chi connectivity index (χ1v) is 9.57. The first-order valence-electron chi connectivity index (χ1n) is 6.95. The second kappa shape index (κ2) is 7.21. The van der Waals surface area contributed by atoms with Crippen LogP contribution < -0.4 is 4.72 Å². The summed E-state index contributed by atoms with van der Waals surface area (Å²) in [5.41, 5.74) is 0.907. The lowest BCUT2D eigenvalue weighted by atomic mass is 10.2. The van der Waals surface area contributed by atoms with Gasteiger partial charge in [-0.3, -0.25) is 0 Å². The number of benzene rings is 2. The maximum absolute atomic E-state index is 12.4. The van der Waals surface area contributed by atoms with Crippen LogP contribution in [0.2, 0.25) is 15.1 Å². The standard InChI is InChI=1S/C15H11Cl3N4O2S/c16-11-3-1-2-10(6-11)8-22-9-19-15(20-22)21-25(23,24)14-7-12(17)4-5-13(14)18/h1-7,9H,8H2,(H,20,21). The van der Waals surface area contributed by atoms with Crippen LogP contribution in [-0.2, 0) is 16.6 Å². The molecule has 1 N–H and O–H groups in total. The molecule has 0 saturated carbocycles. The fourth-order valence-corrected chi connectivity index (χ4v) is 4.02. The predicted molar refractivity (Wildman–Crippen MR) is 97.8 cm³/mol. The van der Waals surface area contributed by atoms with Gasteiger partial charge in [-0.15, -0.1) is 5.10 Å². The number of hydrogen-bond acceptors (Lipinski definition) is 4. The van der Waals surface area contributed by atoms with Crippen LogP contribution >= 0.6 is 34.8 Å². The molecule has 2 aromatic carbocycles. The monoisotopic (exact) mass is 416 g/mol. The first-order chi connectivity index (χ1) is 11.8. The van der Waals surface area contributed by atoms with Crippen molar-refractivity contribution in [3.8, 4) is 0 Å². The first kappa shape index (κ1) is 18.0. The van der Waals surface area contributed by atoms with E-state index in [4.69, 9.17) is 34.8 Å². The van der Waals surface area contributed by atoms with Crippen LogP contribution in [0.4, 0.5) is 5.95 Å². The fraction of sp³-hybridized carbons (Fsp3) is 0.0667. The third kappa shape index (κ3) is 4.43. The van der Waals surface area contributed by atoms with E-state index in [1.807, 2.05) is 12.1 Å². The molecule has 0 unspecified atom stereocenters. The van der Waals surface area contributed by atoms with Crippen molar-refractivity contribution in [1.82, 2.24) is 14.8 Å². The smallest absolute Gasteiger partial charge is 0.246 e. The lowest BCUT2D eigenvalue weighted by Gasteiger charge is -2.07. The van der Waals surface area contributed by atoms with Crippen LogP contribution in [0.15, 0.2) is 53.7 Å². The molecule has 0 saturated heterocycles. The van der Waals surface area contributed by atoms with Crippen LogP contribution in [0.3, 0.4) is 0 Å². The minimum atomic E-state index is -3.96.